The summed E-state index contributed by atoms with van der Waals surface area (Å²) in [6, 6.07) is 17.0. The molecule has 1 unspecified atom stereocenters. The number of benzene rings is 2. The molecule has 3 rings (SSSR count). The van der Waals surface area contributed by atoms with Crippen molar-refractivity contribution in [1.82, 2.24) is 10.1 Å². The number of aromatic nitrogens is 2. The Labute approximate surface area is 133 Å². The predicted octanol–water partition coefficient (Wildman–Crippen LogP) is 2.17. The molecule has 0 aliphatic rings. The lowest BCUT2D eigenvalue weighted by atomic mass is 10.1. The van der Waals surface area contributed by atoms with Crippen LogP contribution in [-0.2, 0) is 0 Å². The first-order valence-electron chi connectivity index (χ1n) is 7.29. The lowest BCUT2D eigenvalue weighted by Gasteiger charge is -2.12. The van der Waals surface area contributed by atoms with Gasteiger partial charge in [-0.3, -0.25) is 0 Å². The molecule has 3 aromatic rings. The van der Waals surface area contributed by atoms with Gasteiger partial charge in [0.05, 0.1) is 18.3 Å². The van der Waals surface area contributed by atoms with Gasteiger partial charge in [0.15, 0.2) is 0 Å². The van der Waals surface area contributed by atoms with Gasteiger partial charge in [-0.2, -0.15) is 4.98 Å². The molecule has 1 aromatic heterocycles. The average molecular weight is 311 g/mol. The second-order valence-corrected chi connectivity index (χ2v) is 5.05. The Morgan fingerprint density at radius 3 is 2.57 bits per heavy atom. The fourth-order valence-electron chi connectivity index (χ4n) is 2.15. The first kappa shape index (κ1) is 15.2. The molecule has 0 amide bonds. The minimum atomic E-state index is -0.828. The van der Waals surface area contributed by atoms with Gasteiger partial charge in [-0.25, -0.2) is 0 Å². The Balaban J connectivity index is 1.86. The molecule has 6 nitrogen and oxygen atoms in total. The molecule has 0 spiro atoms. The number of rotatable bonds is 6. The van der Waals surface area contributed by atoms with Gasteiger partial charge < -0.3 is 20.1 Å². The van der Waals surface area contributed by atoms with Crippen LogP contribution in [0.2, 0.25) is 0 Å². The van der Waals surface area contributed by atoms with Crippen molar-refractivity contribution in [3.63, 3.8) is 0 Å². The standard InChI is InChI=1S/C17H17N3O3/c21-11-13(22)10-18-15-9-5-4-8-14(15)17-19-16(20-23-17)12-6-2-1-3-7-12/h1-9,13,18,21-22H,10-11H2. The van der Waals surface area contributed by atoms with Crippen LogP contribution in [0.1, 0.15) is 0 Å². The van der Waals surface area contributed by atoms with Gasteiger partial charge in [0.2, 0.25) is 5.82 Å². The maximum atomic E-state index is 9.47. The highest BCUT2D eigenvalue weighted by Gasteiger charge is 2.14. The van der Waals surface area contributed by atoms with Crippen LogP contribution >= 0.6 is 0 Å². The van der Waals surface area contributed by atoms with E-state index in [0.29, 0.717) is 11.7 Å². The van der Waals surface area contributed by atoms with Gasteiger partial charge in [0.25, 0.3) is 5.89 Å². The maximum absolute atomic E-state index is 9.47. The third-order valence-corrected chi connectivity index (χ3v) is 3.35. The van der Waals surface area contributed by atoms with Crippen LogP contribution in [0.15, 0.2) is 59.1 Å². The van der Waals surface area contributed by atoms with Crippen LogP contribution < -0.4 is 5.32 Å². The Morgan fingerprint density at radius 2 is 1.78 bits per heavy atom. The average Bonchev–Trinajstić information content (AvgIpc) is 3.10. The zero-order valence-electron chi connectivity index (χ0n) is 12.4. The van der Waals surface area contributed by atoms with E-state index in [1.165, 1.54) is 0 Å². The van der Waals surface area contributed by atoms with Crippen molar-refractivity contribution in [3.05, 3.63) is 54.6 Å². The van der Waals surface area contributed by atoms with E-state index < -0.39 is 6.10 Å². The molecule has 0 aliphatic carbocycles. The van der Waals surface area contributed by atoms with Crippen molar-refractivity contribution < 1.29 is 14.7 Å². The van der Waals surface area contributed by atoms with Gasteiger partial charge in [-0.1, -0.05) is 47.6 Å². The number of nitrogens with one attached hydrogen (secondary N) is 1. The van der Waals surface area contributed by atoms with Crippen LogP contribution in [0.5, 0.6) is 0 Å². The highest BCUT2D eigenvalue weighted by atomic mass is 16.5. The molecule has 6 heteroatoms. The van der Waals surface area contributed by atoms with Gasteiger partial charge in [0, 0.05) is 17.8 Å². The molecular weight excluding hydrogens is 294 g/mol. The maximum Gasteiger partial charge on any atom is 0.260 e. The molecular formula is C17H17N3O3. The number of anilines is 1. The van der Waals surface area contributed by atoms with Gasteiger partial charge in [0.1, 0.15) is 0 Å². The third kappa shape index (κ3) is 3.56. The first-order valence-corrected chi connectivity index (χ1v) is 7.29. The zero-order valence-corrected chi connectivity index (χ0v) is 12.4. The summed E-state index contributed by atoms with van der Waals surface area (Å²) in [5.41, 5.74) is 2.37. The molecule has 3 N–H and O–H groups in total. The molecule has 0 fully saturated rings. The smallest absolute Gasteiger partial charge is 0.260 e. The Hall–Kier alpha value is -2.70. The molecule has 1 atom stereocenters. The number of hydrogen-bond acceptors (Lipinski definition) is 6. The largest absolute Gasteiger partial charge is 0.394 e. The Kier molecular flexibility index (Phi) is 4.65. The molecule has 2 aromatic carbocycles. The number of hydrogen-bond donors (Lipinski definition) is 3. The second kappa shape index (κ2) is 7.04. The van der Waals surface area contributed by atoms with Crippen molar-refractivity contribution >= 4 is 5.69 Å². The van der Waals surface area contributed by atoms with Gasteiger partial charge in [-0.15, -0.1) is 0 Å². The van der Waals surface area contributed by atoms with E-state index in [1.54, 1.807) is 0 Å². The van der Waals surface area contributed by atoms with Crippen LogP contribution in [0.3, 0.4) is 0 Å². The monoisotopic (exact) mass is 311 g/mol. The number of nitrogens with zero attached hydrogens (tertiary/aromatic N) is 2. The summed E-state index contributed by atoms with van der Waals surface area (Å²) in [5.74, 6) is 0.913. The minimum absolute atomic E-state index is 0.229. The summed E-state index contributed by atoms with van der Waals surface area (Å²) in [6.45, 7) is -0.0684. The molecule has 0 saturated heterocycles. The Bertz CT molecular complexity index is 759. The minimum Gasteiger partial charge on any atom is -0.394 e. The molecule has 118 valence electrons. The second-order valence-electron chi connectivity index (χ2n) is 5.05. The zero-order chi connectivity index (χ0) is 16.1. The highest BCUT2D eigenvalue weighted by Crippen LogP contribution is 2.28. The quantitative estimate of drug-likeness (QED) is 0.646. The van der Waals surface area contributed by atoms with Crippen molar-refractivity contribution in [2.45, 2.75) is 6.10 Å². The van der Waals surface area contributed by atoms with Crippen molar-refractivity contribution in [2.24, 2.45) is 0 Å². The van der Waals surface area contributed by atoms with Crippen molar-refractivity contribution in [2.75, 3.05) is 18.5 Å². The van der Waals surface area contributed by atoms with Crippen LogP contribution in [0, 0.1) is 0 Å². The van der Waals surface area contributed by atoms with Crippen LogP contribution in [0.4, 0.5) is 5.69 Å². The van der Waals surface area contributed by atoms with Crippen LogP contribution in [-0.4, -0.2) is 39.6 Å². The van der Waals surface area contributed by atoms with E-state index in [1.807, 2.05) is 54.6 Å². The summed E-state index contributed by atoms with van der Waals surface area (Å²) in [7, 11) is 0. The summed E-state index contributed by atoms with van der Waals surface area (Å²) < 4.78 is 5.37. The SMILES string of the molecule is OCC(O)CNc1ccccc1-c1nc(-c2ccccc2)no1. The Morgan fingerprint density at radius 1 is 1.04 bits per heavy atom. The van der Waals surface area contributed by atoms with E-state index in [2.05, 4.69) is 15.5 Å². The van der Waals surface area contributed by atoms with E-state index in [0.717, 1.165) is 16.8 Å². The molecule has 0 aliphatic heterocycles. The predicted molar refractivity (Wildman–Crippen MR) is 86.8 cm³/mol. The van der Waals surface area contributed by atoms with Gasteiger partial charge >= 0.3 is 0 Å². The molecule has 0 bridgehead atoms. The molecule has 0 saturated carbocycles. The fourth-order valence-corrected chi connectivity index (χ4v) is 2.15. The molecule has 1 heterocycles. The van der Waals surface area contributed by atoms with E-state index in [4.69, 9.17) is 9.63 Å². The first-order chi connectivity index (χ1) is 11.3. The summed E-state index contributed by atoms with van der Waals surface area (Å²) >= 11 is 0. The van der Waals surface area contributed by atoms with E-state index >= 15 is 0 Å². The van der Waals surface area contributed by atoms with E-state index in [-0.39, 0.29) is 13.2 Å². The number of aliphatic hydroxyl groups is 2. The lowest BCUT2D eigenvalue weighted by molar-refractivity contribution is 0.105. The van der Waals surface area contributed by atoms with Crippen molar-refractivity contribution in [3.8, 4) is 22.8 Å². The third-order valence-electron chi connectivity index (χ3n) is 3.35. The molecule has 0 radical (unpaired) electrons. The molecule has 23 heavy (non-hydrogen) atoms. The summed E-state index contributed by atoms with van der Waals surface area (Å²) in [6.07, 6.45) is -0.828. The van der Waals surface area contributed by atoms with E-state index in [9.17, 15) is 5.11 Å². The number of para-hydroxylation sites is 1. The van der Waals surface area contributed by atoms with Gasteiger partial charge in [-0.05, 0) is 12.1 Å². The van der Waals surface area contributed by atoms with Crippen LogP contribution in [0.25, 0.3) is 22.8 Å². The highest BCUT2D eigenvalue weighted by molar-refractivity contribution is 5.73. The topological polar surface area (TPSA) is 91.4 Å². The fraction of sp³-hybridized carbons (Fsp3) is 0.176. The summed E-state index contributed by atoms with van der Waals surface area (Å²) in [5, 5.41) is 25.5. The normalized spacial score (nSPS) is 12.1. The number of aliphatic hydroxyl groups excluding tert-OH is 2. The summed E-state index contributed by atoms with van der Waals surface area (Å²) in [4.78, 5) is 4.43. The van der Waals surface area contributed by atoms with Crippen molar-refractivity contribution in [1.29, 1.82) is 0 Å². The lowest BCUT2D eigenvalue weighted by Crippen LogP contribution is -2.23.